The van der Waals surface area contributed by atoms with Gasteiger partial charge < -0.3 is 21.3 Å². The molecule has 0 bridgehead atoms. The van der Waals surface area contributed by atoms with Crippen LogP contribution in [0.3, 0.4) is 0 Å². The van der Waals surface area contributed by atoms with Crippen LogP contribution in [0, 0.1) is 0 Å². The van der Waals surface area contributed by atoms with Crippen molar-refractivity contribution < 1.29 is 18.9 Å². The second kappa shape index (κ2) is 7.64. The van der Waals surface area contributed by atoms with Gasteiger partial charge in [-0.25, -0.2) is 4.57 Å². The van der Waals surface area contributed by atoms with Crippen LogP contribution in [-0.2, 0) is 9.09 Å². The zero-order valence-electron chi connectivity index (χ0n) is 8.50. The third kappa shape index (κ3) is 13.4. The van der Waals surface area contributed by atoms with Gasteiger partial charge in [0, 0.05) is 6.54 Å². The number of aliphatic imine (C=N–C) groups is 1. The summed E-state index contributed by atoms with van der Waals surface area (Å²) in [5.74, 6) is 0.0832. The van der Waals surface area contributed by atoms with Gasteiger partial charge in [-0.15, -0.1) is 0 Å². The summed E-state index contributed by atoms with van der Waals surface area (Å²) >= 11 is 0. The molecule has 0 unspecified atom stereocenters. The summed E-state index contributed by atoms with van der Waals surface area (Å²) in [6.45, 7) is 0.661. The Morgan fingerprint density at radius 3 is 2.33 bits per heavy atom. The summed E-state index contributed by atoms with van der Waals surface area (Å²) < 4.78 is 14.5. The van der Waals surface area contributed by atoms with Crippen molar-refractivity contribution in [1.82, 2.24) is 0 Å². The van der Waals surface area contributed by atoms with E-state index in [4.69, 9.17) is 21.3 Å². The summed E-state index contributed by atoms with van der Waals surface area (Å²) in [4.78, 5) is 20.5. The molecule has 0 aromatic heterocycles. The maximum Gasteiger partial charge on any atom is 0.469 e. The Labute approximate surface area is 88.8 Å². The molecule has 15 heavy (non-hydrogen) atoms. The molecule has 0 saturated heterocycles. The second-order valence-corrected chi connectivity index (χ2v) is 4.28. The molecule has 0 aromatic carbocycles. The molecule has 0 aliphatic rings. The molecule has 8 heteroatoms. The quantitative estimate of drug-likeness (QED) is 0.203. The molecule has 0 spiro atoms. The van der Waals surface area contributed by atoms with E-state index >= 15 is 0 Å². The van der Waals surface area contributed by atoms with E-state index in [1.807, 2.05) is 0 Å². The number of nitrogens with two attached hydrogens (primary N) is 2. The van der Waals surface area contributed by atoms with Crippen molar-refractivity contribution in [3.05, 3.63) is 0 Å². The molecule has 6 N–H and O–H groups in total. The maximum absolute atomic E-state index is 10.3. The van der Waals surface area contributed by atoms with E-state index in [9.17, 15) is 4.57 Å². The van der Waals surface area contributed by atoms with Gasteiger partial charge in [0.25, 0.3) is 0 Å². The van der Waals surface area contributed by atoms with Gasteiger partial charge in [-0.1, -0.05) is 12.8 Å². The van der Waals surface area contributed by atoms with Crippen LogP contribution < -0.4 is 11.5 Å². The third-order valence-corrected chi connectivity index (χ3v) is 2.13. The molecule has 7 nitrogen and oxygen atoms in total. The average Bonchev–Trinajstić information content (AvgIpc) is 2.07. The van der Waals surface area contributed by atoms with Crippen molar-refractivity contribution >= 4 is 13.8 Å². The molecule has 0 amide bonds. The lowest BCUT2D eigenvalue weighted by Crippen LogP contribution is -2.22. The van der Waals surface area contributed by atoms with Crippen molar-refractivity contribution in [1.29, 1.82) is 0 Å². The number of hydrogen-bond donors (Lipinski definition) is 4. The first-order valence-electron chi connectivity index (χ1n) is 4.67. The molecular weight excluding hydrogens is 221 g/mol. The first-order valence-corrected chi connectivity index (χ1v) is 6.20. The Bertz CT molecular complexity index is 236. The van der Waals surface area contributed by atoms with E-state index in [0.717, 1.165) is 19.3 Å². The number of phosphoric ester groups is 1. The van der Waals surface area contributed by atoms with Crippen LogP contribution in [0.2, 0.25) is 0 Å². The van der Waals surface area contributed by atoms with Gasteiger partial charge in [0.2, 0.25) is 0 Å². The van der Waals surface area contributed by atoms with Gasteiger partial charge >= 0.3 is 7.82 Å². The molecule has 0 heterocycles. The molecule has 0 radical (unpaired) electrons. The van der Waals surface area contributed by atoms with E-state index in [1.165, 1.54) is 0 Å². The van der Waals surface area contributed by atoms with Crippen LogP contribution in [0.4, 0.5) is 0 Å². The highest BCUT2D eigenvalue weighted by atomic mass is 31.2. The Hall–Kier alpha value is -0.620. The fourth-order valence-electron chi connectivity index (χ4n) is 0.959. The summed E-state index contributed by atoms with van der Waals surface area (Å²) in [7, 11) is -4.30. The van der Waals surface area contributed by atoms with Crippen molar-refractivity contribution in [3.8, 4) is 0 Å². The standard InChI is InChI=1S/C7H18N3O4P/c8-7(9)10-5-3-1-2-4-6-14-15(11,12)13/h1-6H2,(H4,8,9,10)(H2,11,12,13). The predicted octanol–water partition coefficient (Wildman–Crippen LogP) is -0.0705. The summed E-state index contributed by atoms with van der Waals surface area (Å²) in [5.41, 5.74) is 10.2. The largest absolute Gasteiger partial charge is 0.469 e. The minimum absolute atomic E-state index is 0.0760. The maximum atomic E-state index is 10.3. The van der Waals surface area contributed by atoms with Gasteiger partial charge in [0.05, 0.1) is 6.61 Å². The van der Waals surface area contributed by atoms with Gasteiger partial charge in [0.15, 0.2) is 5.96 Å². The van der Waals surface area contributed by atoms with Crippen LogP contribution in [0.25, 0.3) is 0 Å². The summed E-state index contributed by atoms with van der Waals surface area (Å²) in [5, 5.41) is 0. The average molecular weight is 239 g/mol. The zero-order chi connectivity index (χ0) is 11.7. The lowest BCUT2D eigenvalue weighted by molar-refractivity contribution is 0.193. The molecule has 0 aliphatic heterocycles. The number of unbranched alkanes of at least 4 members (excludes halogenated alkanes) is 3. The van der Waals surface area contributed by atoms with Crippen molar-refractivity contribution in [2.24, 2.45) is 16.5 Å². The van der Waals surface area contributed by atoms with E-state index < -0.39 is 7.82 Å². The van der Waals surface area contributed by atoms with Gasteiger partial charge in [-0.2, -0.15) is 0 Å². The smallest absolute Gasteiger partial charge is 0.370 e. The zero-order valence-corrected chi connectivity index (χ0v) is 9.40. The molecular formula is C7H18N3O4P. The third-order valence-electron chi connectivity index (χ3n) is 1.61. The lowest BCUT2D eigenvalue weighted by Gasteiger charge is -2.04. The van der Waals surface area contributed by atoms with Gasteiger partial charge in [-0.05, 0) is 12.8 Å². The van der Waals surface area contributed by atoms with E-state index in [1.54, 1.807) is 0 Å². The number of guanidine groups is 1. The van der Waals surface area contributed by atoms with Crippen LogP contribution in [0.15, 0.2) is 4.99 Å². The van der Waals surface area contributed by atoms with Crippen LogP contribution in [-0.4, -0.2) is 28.9 Å². The number of hydrogen-bond acceptors (Lipinski definition) is 3. The molecule has 0 saturated carbocycles. The minimum atomic E-state index is -4.30. The fraction of sp³-hybridized carbons (Fsp3) is 0.857. The van der Waals surface area contributed by atoms with Crippen molar-refractivity contribution in [2.75, 3.05) is 13.2 Å². The number of rotatable bonds is 8. The minimum Gasteiger partial charge on any atom is -0.370 e. The van der Waals surface area contributed by atoms with Crippen LogP contribution in [0.1, 0.15) is 25.7 Å². The van der Waals surface area contributed by atoms with E-state index in [0.29, 0.717) is 13.0 Å². The van der Waals surface area contributed by atoms with E-state index in [-0.39, 0.29) is 12.6 Å². The second-order valence-electron chi connectivity index (χ2n) is 3.04. The Morgan fingerprint density at radius 1 is 1.20 bits per heavy atom. The van der Waals surface area contributed by atoms with Crippen LogP contribution in [0.5, 0.6) is 0 Å². The number of nitrogens with zero attached hydrogens (tertiary/aromatic N) is 1. The highest BCUT2D eigenvalue weighted by Crippen LogP contribution is 2.35. The van der Waals surface area contributed by atoms with Gasteiger partial charge in [0.1, 0.15) is 0 Å². The first kappa shape index (κ1) is 14.4. The highest BCUT2D eigenvalue weighted by Gasteiger charge is 2.12. The Morgan fingerprint density at radius 2 is 1.80 bits per heavy atom. The summed E-state index contributed by atoms with van der Waals surface area (Å²) in [6.07, 6.45) is 3.21. The SMILES string of the molecule is NC(N)=NCCCCCCOP(=O)(O)O. The highest BCUT2D eigenvalue weighted by molar-refractivity contribution is 7.46. The fourth-order valence-corrected chi connectivity index (χ4v) is 1.33. The predicted molar refractivity (Wildman–Crippen MR) is 57.1 cm³/mol. The lowest BCUT2D eigenvalue weighted by atomic mass is 10.2. The Balaban J connectivity index is 3.19. The first-order chi connectivity index (χ1) is 6.92. The Kier molecular flexibility index (Phi) is 7.33. The van der Waals surface area contributed by atoms with Crippen LogP contribution >= 0.6 is 7.82 Å². The molecule has 0 atom stereocenters. The monoisotopic (exact) mass is 239 g/mol. The van der Waals surface area contributed by atoms with Gasteiger partial charge in [-0.3, -0.25) is 9.52 Å². The molecule has 90 valence electrons. The van der Waals surface area contributed by atoms with Crippen molar-refractivity contribution in [2.45, 2.75) is 25.7 Å². The van der Waals surface area contributed by atoms with E-state index in [2.05, 4.69) is 9.52 Å². The normalized spacial score (nSPS) is 11.3. The molecule has 0 rings (SSSR count). The van der Waals surface area contributed by atoms with Crippen molar-refractivity contribution in [3.63, 3.8) is 0 Å². The topological polar surface area (TPSA) is 131 Å². The number of phosphoric acid groups is 1. The molecule has 0 aliphatic carbocycles. The molecule has 0 fully saturated rings. The summed E-state index contributed by atoms with van der Waals surface area (Å²) in [6, 6.07) is 0. The molecule has 0 aromatic rings.